The number of aromatic nitrogens is 1. The van der Waals surface area contributed by atoms with Gasteiger partial charge in [-0.25, -0.2) is 0 Å². The number of rotatable bonds is 4. The van der Waals surface area contributed by atoms with Crippen molar-refractivity contribution in [3.05, 3.63) is 70.0 Å². The summed E-state index contributed by atoms with van der Waals surface area (Å²) in [5, 5.41) is 10.5. The van der Waals surface area contributed by atoms with E-state index in [-0.39, 0.29) is 18.0 Å². The van der Waals surface area contributed by atoms with Crippen LogP contribution in [0, 0.1) is 17.0 Å². The maximum atomic E-state index is 12.1. The molecule has 0 fully saturated rings. The van der Waals surface area contributed by atoms with Crippen molar-refractivity contribution in [3.8, 4) is 0 Å². The van der Waals surface area contributed by atoms with Crippen LogP contribution < -0.4 is 4.57 Å². The van der Waals surface area contributed by atoms with E-state index < -0.39 is 4.92 Å². The summed E-state index contributed by atoms with van der Waals surface area (Å²) >= 11 is 0. The SMILES string of the molecule is Cc1cccc[n+]1CC(=O)c1ccc([N+](=O)[O-])cc1. The van der Waals surface area contributed by atoms with E-state index in [4.69, 9.17) is 0 Å². The van der Waals surface area contributed by atoms with Gasteiger partial charge in [-0.05, 0) is 12.1 Å². The molecule has 0 amide bonds. The molecule has 2 rings (SSSR count). The number of non-ortho nitro benzene ring substituents is 1. The van der Waals surface area contributed by atoms with Crippen molar-refractivity contribution in [2.45, 2.75) is 13.5 Å². The topological polar surface area (TPSA) is 64.1 Å². The predicted molar refractivity (Wildman–Crippen MR) is 68.8 cm³/mol. The highest BCUT2D eigenvalue weighted by Gasteiger charge is 2.15. The fourth-order valence-corrected chi connectivity index (χ4v) is 1.75. The molecule has 0 atom stereocenters. The summed E-state index contributed by atoms with van der Waals surface area (Å²) in [6, 6.07) is 11.3. The standard InChI is InChI=1S/C14H13N2O3/c1-11-4-2-3-9-15(11)10-14(17)12-5-7-13(8-6-12)16(18)19/h2-9H,10H2,1H3/q+1. The number of hydrogen-bond acceptors (Lipinski definition) is 3. The van der Waals surface area contributed by atoms with Crippen LogP contribution in [0.25, 0.3) is 0 Å². The van der Waals surface area contributed by atoms with E-state index in [1.54, 1.807) is 0 Å². The number of carbonyl (C=O) groups is 1. The quantitative estimate of drug-likeness (QED) is 0.364. The van der Waals surface area contributed by atoms with Gasteiger partial charge < -0.3 is 0 Å². The number of aryl methyl sites for hydroxylation is 1. The molecule has 0 bridgehead atoms. The Labute approximate surface area is 110 Å². The molecule has 96 valence electrons. The number of hydrogen-bond donors (Lipinski definition) is 0. The van der Waals surface area contributed by atoms with E-state index in [0.717, 1.165) is 5.69 Å². The van der Waals surface area contributed by atoms with Crippen molar-refractivity contribution >= 4 is 11.5 Å². The van der Waals surface area contributed by atoms with Crippen LogP contribution in [0.4, 0.5) is 5.69 Å². The summed E-state index contributed by atoms with van der Waals surface area (Å²) in [5.41, 5.74) is 1.44. The zero-order valence-electron chi connectivity index (χ0n) is 10.4. The lowest BCUT2D eigenvalue weighted by atomic mass is 10.1. The molecule has 0 aliphatic rings. The first-order chi connectivity index (χ1) is 9.08. The van der Waals surface area contributed by atoms with E-state index in [1.807, 2.05) is 35.9 Å². The van der Waals surface area contributed by atoms with Gasteiger partial charge in [0.05, 0.1) is 4.92 Å². The summed E-state index contributed by atoms with van der Waals surface area (Å²) in [4.78, 5) is 22.1. The summed E-state index contributed by atoms with van der Waals surface area (Å²) in [6.45, 7) is 2.15. The number of nitro benzene ring substituents is 1. The van der Waals surface area contributed by atoms with Crippen LogP contribution in [-0.2, 0) is 6.54 Å². The van der Waals surface area contributed by atoms with Gasteiger partial charge in [-0.2, -0.15) is 4.57 Å². The molecule has 1 aromatic heterocycles. The van der Waals surface area contributed by atoms with Gasteiger partial charge in [0, 0.05) is 36.8 Å². The maximum absolute atomic E-state index is 12.1. The molecule has 1 heterocycles. The molecule has 0 unspecified atom stereocenters. The van der Waals surface area contributed by atoms with Gasteiger partial charge in [-0.15, -0.1) is 0 Å². The van der Waals surface area contributed by atoms with Crippen molar-refractivity contribution in [1.82, 2.24) is 0 Å². The van der Waals surface area contributed by atoms with Gasteiger partial charge >= 0.3 is 0 Å². The Hall–Kier alpha value is -2.56. The minimum absolute atomic E-state index is 0.0138. The van der Waals surface area contributed by atoms with Gasteiger partial charge in [0.1, 0.15) is 0 Å². The molecule has 5 heteroatoms. The molecule has 0 saturated carbocycles. The van der Waals surface area contributed by atoms with Crippen LogP contribution >= 0.6 is 0 Å². The second-order valence-corrected chi connectivity index (χ2v) is 4.20. The third-order valence-electron chi connectivity index (χ3n) is 2.88. The van der Waals surface area contributed by atoms with Gasteiger partial charge in [-0.3, -0.25) is 14.9 Å². The molecule has 0 aliphatic carbocycles. The zero-order chi connectivity index (χ0) is 13.8. The Balaban J connectivity index is 2.16. The fraction of sp³-hybridized carbons (Fsp3) is 0.143. The molecule has 0 saturated heterocycles. The smallest absolute Gasteiger partial charge is 0.269 e. The number of carbonyl (C=O) groups excluding carboxylic acids is 1. The van der Waals surface area contributed by atoms with Crippen LogP contribution in [-0.4, -0.2) is 10.7 Å². The van der Waals surface area contributed by atoms with Crippen LogP contribution in [0.15, 0.2) is 48.7 Å². The molecule has 19 heavy (non-hydrogen) atoms. The fourth-order valence-electron chi connectivity index (χ4n) is 1.75. The van der Waals surface area contributed by atoms with E-state index in [9.17, 15) is 14.9 Å². The van der Waals surface area contributed by atoms with Crippen molar-refractivity contribution in [2.75, 3.05) is 0 Å². The highest BCUT2D eigenvalue weighted by Crippen LogP contribution is 2.12. The van der Waals surface area contributed by atoms with Crippen molar-refractivity contribution in [1.29, 1.82) is 0 Å². The third-order valence-corrected chi connectivity index (χ3v) is 2.88. The van der Waals surface area contributed by atoms with Gasteiger partial charge in [-0.1, -0.05) is 6.07 Å². The lowest BCUT2D eigenvalue weighted by Gasteiger charge is -2.00. The Kier molecular flexibility index (Phi) is 3.66. The molecule has 0 N–H and O–H groups in total. The highest BCUT2D eigenvalue weighted by atomic mass is 16.6. The highest BCUT2D eigenvalue weighted by molar-refractivity contribution is 5.95. The maximum Gasteiger partial charge on any atom is 0.269 e. The summed E-state index contributed by atoms with van der Waals surface area (Å²) < 4.78 is 1.84. The van der Waals surface area contributed by atoms with Crippen molar-refractivity contribution in [2.24, 2.45) is 0 Å². The average Bonchev–Trinajstić information content (AvgIpc) is 2.41. The number of Topliss-reactive ketones (excluding diaryl/α,β-unsaturated/α-hetero) is 1. The molecule has 0 radical (unpaired) electrons. The second-order valence-electron chi connectivity index (χ2n) is 4.20. The number of nitrogens with zero attached hydrogens (tertiary/aromatic N) is 2. The predicted octanol–water partition coefficient (Wildman–Crippen LogP) is 2.07. The first kappa shape index (κ1) is 12.9. The minimum atomic E-state index is -0.482. The van der Waals surface area contributed by atoms with Crippen LogP contribution in [0.2, 0.25) is 0 Å². The molecule has 0 aliphatic heterocycles. The van der Waals surface area contributed by atoms with Crippen molar-refractivity contribution in [3.63, 3.8) is 0 Å². The Morgan fingerprint density at radius 2 is 1.89 bits per heavy atom. The normalized spacial score (nSPS) is 10.2. The summed E-state index contributed by atoms with van der Waals surface area (Å²) in [6.07, 6.45) is 1.83. The Bertz CT molecular complexity index is 621. The van der Waals surface area contributed by atoms with Crippen molar-refractivity contribution < 1.29 is 14.3 Å². The molecule has 1 aromatic carbocycles. The second kappa shape index (κ2) is 5.39. The number of pyridine rings is 1. The summed E-state index contributed by atoms with van der Waals surface area (Å²) in [5.74, 6) is -0.0748. The first-order valence-electron chi connectivity index (χ1n) is 5.80. The van der Waals surface area contributed by atoms with Gasteiger partial charge in [0.2, 0.25) is 12.3 Å². The lowest BCUT2D eigenvalue weighted by Crippen LogP contribution is -2.40. The van der Waals surface area contributed by atoms with Crippen LogP contribution in [0.3, 0.4) is 0 Å². The molecule has 0 spiro atoms. The Morgan fingerprint density at radius 1 is 1.21 bits per heavy atom. The molecular formula is C14H13N2O3+. The van der Waals surface area contributed by atoms with Crippen LogP contribution in [0.1, 0.15) is 16.1 Å². The number of ketones is 1. The average molecular weight is 257 g/mol. The summed E-state index contributed by atoms with van der Waals surface area (Å²) in [7, 11) is 0. The molecule has 5 nitrogen and oxygen atoms in total. The van der Waals surface area contributed by atoms with E-state index in [0.29, 0.717) is 5.56 Å². The van der Waals surface area contributed by atoms with Gasteiger partial charge in [0.15, 0.2) is 11.9 Å². The lowest BCUT2D eigenvalue weighted by molar-refractivity contribution is -0.689. The molecular weight excluding hydrogens is 244 g/mol. The zero-order valence-corrected chi connectivity index (χ0v) is 10.4. The van der Waals surface area contributed by atoms with Gasteiger partial charge in [0.25, 0.3) is 5.69 Å². The number of nitro groups is 1. The first-order valence-corrected chi connectivity index (χ1v) is 5.80. The largest absolute Gasteiger partial charge is 0.287 e. The van der Waals surface area contributed by atoms with E-state index in [1.165, 1.54) is 24.3 Å². The number of benzene rings is 1. The minimum Gasteiger partial charge on any atom is -0.287 e. The molecule has 2 aromatic rings. The third kappa shape index (κ3) is 3.01. The van der Waals surface area contributed by atoms with E-state index in [2.05, 4.69) is 0 Å². The Morgan fingerprint density at radius 3 is 2.47 bits per heavy atom. The van der Waals surface area contributed by atoms with Crippen LogP contribution in [0.5, 0.6) is 0 Å². The van der Waals surface area contributed by atoms with E-state index >= 15 is 0 Å². The monoisotopic (exact) mass is 257 g/mol.